The summed E-state index contributed by atoms with van der Waals surface area (Å²) in [6.45, 7) is 0. The van der Waals surface area contributed by atoms with E-state index in [0.717, 1.165) is 28.2 Å². The Bertz CT molecular complexity index is 534. The molecule has 1 aromatic heterocycles. The molecule has 0 aliphatic carbocycles. The van der Waals surface area contributed by atoms with Gasteiger partial charge in [-0.25, -0.2) is 0 Å². The molecule has 2 aromatic rings. The molecule has 0 N–H and O–H groups in total. The zero-order chi connectivity index (χ0) is 13.7. The van der Waals surface area contributed by atoms with Gasteiger partial charge < -0.3 is 14.3 Å². The van der Waals surface area contributed by atoms with Crippen molar-refractivity contribution in [2.24, 2.45) is 0 Å². The van der Waals surface area contributed by atoms with Gasteiger partial charge in [-0.05, 0) is 29.5 Å². The lowest BCUT2D eigenvalue weighted by Gasteiger charge is -2.13. The Morgan fingerprint density at radius 1 is 1.26 bits per heavy atom. The van der Waals surface area contributed by atoms with Crippen molar-refractivity contribution in [2.45, 2.75) is 12.3 Å². The topological polar surface area (TPSA) is 35.5 Å². The third-order valence-electron chi connectivity index (χ3n) is 3.01. The molecular formula is C15H16O3S. The van der Waals surface area contributed by atoms with Crippen LogP contribution in [0.4, 0.5) is 0 Å². The van der Waals surface area contributed by atoms with Gasteiger partial charge in [0.2, 0.25) is 0 Å². The van der Waals surface area contributed by atoms with Crippen LogP contribution in [0.15, 0.2) is 35.7 Å². The molecule has 19 heavy (non-hydrogen) atoms. The van der Waals surface area contributed by atoms with Crippen LogP contribution in [0.2, 0.25) is 0 Å². The van der Waals surface area contributed by atoms with Gasteiger partial charge in [0, 0.05) is 10.9 Å². The molecule has 4 heteroatoms. The normalized spacial score (nSPS) is 11.9. The molecule has 0 saturated heterocycles. The summed E-state index contributed by atoms with van der Waals surface area (Å²) in [7, 11) is 3.24. The quantitative estimate of drug-likeness (QED) is 0.759. The van der Waals surface area contributed by atoms with Crippen molar-refractivity contribution in [3.8, 4) is 11.5 Å². The summed E-state index contributed by atoms with van der Waals surface area (Å²) < 4.78 is 10.5. The molecule has 1 aromatic carbocycles. The van der Waals surface area contributed by atoms with Gasteiger partial charge >= 0.3 is 0 Å². The van der Waals surface area contributed by atoms with E-state index in [2.05, 4.69) is 0 Å². The van der Waals surface area contributed by atoms with Crippen molar-refractivity contribution in [1.29, 1.82) is 0 Å². The highest BCUT2D eigenvalue weighted by atomic mass is 32.1. The van der Waals surface area contributed by atoms with E-state index in [1.54, 1.807) is 25.6 Å². The second-order valence-electron chi connectivity index (χ2n) is 4.14. The maximum absolute atomic E-state index is 11.3. The Morgan fingerprint density at radius 2 is 2.11 bits per heavy atom. The average molecular weight is 276 g/mol. The van der Waals surface area contributed by atoms with Gasteiger partial charge in [-0.3, -0.25) is 0 Å². The number of rotatable bonds is 6. The van der Waals surface area contributed by atoms with Crippen LogP contribution in [0.1, 0.15) is 16.4 Å². The molecule has 1 atom stereocenters. The second-order valence-corrected chi connectivity index (χ2v) is 5.12. The van der Waals surface area contributed by atoms with Crippen LogP contribution in [-0.2, 0) is 11.2 Å². The van der Waals surface area contributed by atoms with Crippen molar-refractivity contribution in [2.75, 3.05) is 14.2 Å². The van der Waals surface area contributed by atoms with E-state index >= 15 is 0 Å². The van der Waals surface area contributed by atoms with Crippen molar-refractivity contribution in [3.63, 3.8) is 0 Å². The van der Waals surface area contributed by atoms with Gasteiger partial charge in [0.15, 0.2) is 0 Å². The molecule has 0 saturated carbocycles. The van der Waals surface area contributed by atoms with Crippen LogP contribution < -0.4 is 9.47 Å². The molecular weight excluding hydrogens is 260 g/mol. The van der Waals surface area contributed by atoms with Gasteiger partial charge in [0.1, 0.15) is 17.8 Å². The summed E-state index contributed by atoms with van der Waals surface area (Å²) in [5, 5.41) is 1.98. The Hall–Kier alpha value is -1.81. The minimum Gasteiger partial charge on any atom is -0.497 e. The van der Waals surface area contributed by atoms with Crippen molar-refractivity contribution in [3.05, 3.63) is 46.2 Å². The lowest BCUT2D eigenvalue weighted by molar-refractivity contribution is -0.109. The molecule has 0 bridgehead atoms. The summed E-state index contributed by atoms with van der Waals surface area (Å²) >= 11 is 1.60. The number of carbonyl (C=O) groups excluding carboxylic acids is 1. The second kappa shape index (κ2) is 6.38. The van der Waals surface area contributed by atoms with E-state index in [9.17, 15) is 4.79 Å². The summed E-state index contributed by atoms with van der Waals surface area (Å²) in [6.07, 6.45) is 1.63. The highest BCUT2D eigenvalue weighted by Crippen LogP contribution is 2.30. The van der Waals surface area contributed by atoms with Crippen molar-refractivity contribution >= 4 is 17.6 Å². The zero-order valence-corrected chi connectivity index (χ0v) is 11.8. The number of hydrogen-bond donors (Lipinski definition) is 0. The van der Waals surface area contributed by atoms with E-state index in [-0.39, 0.29) is 5.92 Å². The smallest absolute Gasteiger partial charge is 0.128 e. The van der Waals surface area contributed by atoms with E-state index in [1.807, 2.05) is 35.7 Å². The lowest BCUT2D eigenvalue weighted by atomic mass is 9.98. The van der Waals surface area contributed by atoms with Crippen molar-refractivity contribution in [1.82, 2.24) is 0 Å². The number of thiophene rings is 1. The first-order valence-electron chi connectivity index (χ1n) is 5.98. The number of hydrogen-bond acceptors (Lipinski definition) is 4. The maximum atomic E-state index is 11.3. The fraction of sp³-hybridized carbons (Fsp3) is 0.267. The lowest BCUT2D eigenvalue weighted by Crippen LogP contribution is -2.04. The van der Waals surface area contributed by atoms with Gasteiger partial charge in [-0.15, -0.1) is 11.3 Å². The SMILES string of the molecule is COc1ccc(CC(C=O)c2cccs2)c(OC)c1. The average Bonchev–Trinajstić information content (AvgIpc) is 2.98. The molecule has 0 spiro atoms. The predicted molar refractivity (Wildman–Crippen MR) is 76.4 cm³/mol. The molecule has 3 nitrogen and oxygen atoms in total. The number of aldehydes is 1. The molecule has 1 unspecified atom stereocenters. The maximum Gasteiger partial charge on any atom is 0.128 e. The summed E-state index contributed by atoms with van der Waals surface area (Å²) in [4.78, 5) is 12.3. The third-order valence-corrected chi connectivity index (χ3v) is 4.01. The first kappa shape index (κ1) is 13.6. The fourth-order valence-corrected chi connectivity index (χ4v) is 2.76. The minimum atomic E-state index is -0.123. The van der Waals surface area contributed by atoms with Crippen LogP contribution in [-0.4, -0.2) is 20.5 Å². The fourth-order valence-electron chi connectivity index (χ4n) is 1.98. The van der Waals surface area contributed by atoms with E-state index in [0.29, 0.717) is 6.42 Å². The molecule has 0 aliphatic heterocycles. The summed E-state index contributed by atoms with van der Waals surface area (Å²) in [5.41, 5.74) is 1.01. The Labute approximate surface area is 116 Å². The Kier molecular flexibility index (Phi) is 4.58. The van der Waals surface area contributed by atoms with Gasteiger partial charge in [0.05, 0.1) is 20.1 Å². The minimum absolute atomic E-state index is 0.123. The third kappa shape index (κ3) is 3.15. The molecule has 1 heterocycles. The number of carbonyl (C=O) groups is 1. The van der Waals surface area contributed by atoms with Crippen LogP contribution in [0.3, 0.4) is 0 Å². The number of benzene rings is 1. The first-order chi connectivity index (χ1) is 9.28. The monoisotopic (exact) mass is 276 g/mol. The first-order valence-corrected chi connectivity index (χ1v) is 6.86. The molecule has 2 rings (SSSR count). The van der Waals surface area contributed by atoms with Crippen LogP contribution in [0, 0.1) is 0 Å². The molecule has 0 amide bonds. The highest BCUT2D eigenvalue weighted by Gasteiger charge is 2.15. The van der Waals surface area contributed by atoms with Crippen LogP contribution >= 0.6 is 11.3 Å². The van der Waals surface area contributed by atoms with E-state index < -0.39 is 0 Å². The largest absolute Gasteiger partial charge is 0.497 e. The van der Waals surface area contributed by atoms with Crippen LogP contribution in [0.25, 0.3) is 0 Å². The molecule has 0 fully saturated rings. The van der Waals surface area contributed by atoms with Crippen LogP contribution in [0.5, 0.6) is 11.5 Å². The van der Waals surface area contributed by atoms with Gasteiger partial charge in [-0.1, -0.05) is 12.1 Å². The Morgan fingerprint density at radius 3 is 2.68 bits per heavy atom. The zero-order valence-electron chi connectivity index (χ0n) is 11.0. The summed E-state index contributed by atoms with van der Waals surface area (Å²) in [6, 6.07) is 9.61. The van der Waals surface area contributed by atoms with E-state index in [4.69, 9.17) is 9.47 Å². The van der Waals surface area contributed by atoms with Gasteiger partial charge in [-0.2, -0.15) is 0 Å². The molecule has 0 aliphatic rings. The van der Waals surface area contributed by atoms with Gasteiger partial charge in [0.25, 0.3) is 0 Å². The summed E-state index contributed by atoms with van der Waals surface area (Å²) in [5.74, 6) is 1.38. The molecule has 100 valence electrons. The Balaban J connectivity index is 2.24. The number of ether oxygens (including phenoxy) is 2. The van der Waals surface area contributed by atoms with Crippen molar-refractivity contribution < 1.29 is 14.3 Å². The predicted octanol–water partition coefficient (Wildman–Crippen LogP) is 3.29. The standard InChI is InChI=1S/C15H16O3S/c1-17-13-6-5-11(14(9-13)18-2)8-12(10-16)15-4-3-7-19-15/h3-7,9-10,12H,8H2,1-2H3. The molecule has 0 radical (unpaired) electrons. The van der Waals surface area contributed by atoms with E-state index in [1.165, 1.54) is 0 Å². The highest BCUT2D eigenvalue weighted by molar-refractivity contribution is 7.10. The number of methoxy groups -OCH3 is 2.